The molecule has 138 valence electrons. The van der Waals surface area contributed by atoms with E-state index < -0.39 is 0 Å². The van der Waals surface area contributed by atoms with Crippen molar-refractivity contribution in [3.63, 3.8) is 0 Å². The van der Waals surface area contributed by atoms with E-state index in [1.165, 1.54) is 12.1 Å². The van der Waals surface area contributed by atoms with Gasteiger partial charge in [-0.05, 0) is 31.2 Å². The number of nitrogens with one attached hydrogen (secondary N) is 2. The van der Waals surface area contributed by atoms with Crippen LogP contribution in [0.25, 0.3) is 0 Å². The Morgan fingerprint density at radius 2 is 1.88 bits per heavy atom. The molecule has 0 saturated carbocycles. The molecule has 1 aliphatic rings. The molecule has 0 radical (unpaired) electrons. The number of terminal acetylenes is 1. The summed E-state index contributed by atoms with van der Waals surface area (Å²) < 4.78 is 13.0. The van der Waals surface area contributed by atoms with Crippen LogP contribution in [0.1, 0.15) is 6.92 Å². The molecule has 7 heteroatoms. The Hall–Kier alpha value is -1.53. The second-order valence-corrected chi connectivity index (χ2v) is 5.62. The molecule has 1 aromatic rings. The Morgan fingerprint density at radius 1 is 1.20 bits per heavy atom. The maximum Gasteiger partial charge on any atom is 0.192 e. The highest BCUT2D eigenvalue weighted by Crippen LogP contribution is 2.16. The fraction of sp³-hybridized carbons (Fsp3) is 0.500. The molecule has 1 heterocycles. The Labute approximate surface area is 167 Å². The van der Waals surface area contributed by atoms with Crippen molar-refractivity contribution in [1.29, 1.82) is 0 Å². The maximum absolute atomic E-state index is 13.0. The smallest absolute Gasteiger partial charge is 0.192 e. The summed E-state index contributed by atoms with van der Waals surface area (Å²) in [6.45, 7) is 8.84. The first-order valence-electron chi connectivity index (χ1n) is 8.41. The first kappa shape index (κ1) is 21.5. The lowest BCUT2D eigenvalue weighted by molar-refractivity contribution is 0.265. The number of benzene rings is 1. The van der Waals surface area contributed by atoms with Gasteiger partial charge in [-0.15, -0.1) is 30.4 Å². The largest absolute Gasteiger partial charge is 0.369 e. The molecule has 0 spiro atoms. The second-order valence-electron chi connectivity index (χ2n) is 5.62. The number of anilines is 1. The number of aliphatic imine (C=N–C) groups is 1. The van der Waals surface area contributed by atoms with E-state index in [0.29, 0.717) is 6.54 Å². The lowest BCUT2D eigenvalue weighted by atomic mass is 10.2. The van der Waals surface area contributed by atoms with Gasteiger partial charge < -0.3 is 15.5 Å². The summed E-state index contributed by atoms with van der Waals surface area (Å²) in [5.74, 6) is 3.12. The van der Waals surface area contributed by atoms with Gasteiger partial charge in [0.15, 0.2) is 5.96 Å². The molecule has 0 aliphatic carbocycles. The zero-order valence-electron chi connectivity index (χ0n) is 14.7. The van der Waals surface area contributed by atoms with Crippen LogP contribution in [0, 0.1) is 18.2 Å². The monoisotopic (exact) mass is 459 g/mol. The van der Waals surface area contributed by atoms with Crippen molar-refractivity contribution < 1.29 is 4.39 Å². The average Bonchev–Trinajstić information content (AvgIpc) is 2.61. The Kier molecular flexibility index (Phi) is 10.3. The summed E-state index contributed by atoms with van der Waals surface area (Å²) in [7, 11) is 0. The zero-order chi connectivity index (χ0) is 17.2. The van der Waals surface area contributed by atoms with Crippen LogP contribution in [0.3, 0.4) is 0 Å². The molecule has 0 unspecified atom stereocenters. The highest BCUT2D eigenvalue weighted by molar-refractivity contribution is 14.0. The number of halogens is 2. The van der Waals surface area contributed by atoms with Crippen molar-refractivity contribution in [2.75, 3.05) is 57.3 Å². The topological polar surface area (TPSA) is 42.9 Å². The van der Waals surface area contributed by atoms with Crippen LogP contribution in [-0.4, -0.2) is 63.2 Å². The zero-order valence-corrected chi connectivity index (χ0v) is 17.0. The van der Waals surface area contributed by atoms with Gasteiger partial charge in [0.25, 0.3) is 0 Å². The third-order valence-electron chi connectivity index (χ3n) is 3.95. The SMILES string of the molecule is C#CCNC(=NCCN1CCN(c2ccc(F)cc2)CC1)NCC.I. The van der Waals surface area contributed by atoms with Crippen LogP contribution in [-0.2, 0) is 0 Å². The summed E-state index contributed by atoms with van der Waals surface area (Å²) in [6, 6.07) is 6.72. The normalized spacial score (nSPS) is 15.2. The van der Waals surface area contributed by atoms with Gasteiger partial charge in [-0.3, -0.25) is 9.89 Å². The lowest BCUT2D eigenvalue weighted by Crippen LogP contribution is -2.47. The predicted molar refractivity (Wildman–Crippen MR) is 113 cm³/mol. The number of nitrogens with zero attached hydrogens (tertiary/aromatic N) is 3. The first-order chi connectivity index (χ1) is 11.7. The molecule has 0 amide bonds. The second kappa shape index (κ2) is 11.9. The van der Waals surface area contributed by atoms with Gasteiger partial charge in [0, 0.05) is 45.0 Å². The number of piperazine rings is 1. The summed E-state index contributed by atoms with van der Waals surface area (Å²) in [4.78, 5) is 9.22. The number of hydrogen-bond acceptors (Lipinski definition) is 3. The average molecular weight is 459 g/mol. The fourth-order valence-electron chi connectivity index (χ4n) is 2.66. The van der Waals surface area contributed by atoms with E-state index in [-0.39, 0.29) is 29.8 Å². The van der Waals surface area contributed by atoms with Crippen molar-refractivity contribution in [2.24, 2.45) is 4.99 Å². The molecule has 5 nitrogen and oxygen atoms in total. The third kappa shape index (κ3) is 7.48. The van der Waals surface area contributed by atoms with E-state index in [1.54, 1.807) is 0 Å². The molecular weight excluding hydrogens is 432 g/mol. The lowest BCUT2D eigenvalue weighted by Gasteiger charge is -2.35. The molecule has 0 aromatic heterocycles. The predicted octanol–water partition coefficient (Wildman–Crippen LogP) is 1.75. The molecular formula is C18H27FIN5. The van der Waals surface area contributed by atoms with Gasteiger partial charge in [0.2, 0.25) is 0 Å². The number of hydrogen-bond donors (Lipinski definition) is 2. The fourth-order valence-corrected chi connectivity index (χ4v) is 2.66. The van der Waals surface area contributed by atoms with E-state index in [4.69, 9.17) is 6.42 Å². The molecule has 0 atom stereocenters. The highest BCUT2D eigenvalue weighted by atomic mass is 127. The summed E-state index contributed by atoms with van der Waals surface area (Å²) in [5, 5.41) is 6.26. The van der Waals surface area contributed by atoms with Crippen molar-refractivity contribution in [1.82, 2.24) is 15.5 Å². The van der Waals surface area contributed by atoms with E-state index in [9.17, 15) is 4.39 Å². The molecule has 2 N–H and O–H groups in total. The maximum atomic E-state index is 13.0. The summed E-state index contributed by atoms with van der Waals surface area (Å²) in [6.07, 6.45) is 5.26. The Bertz CT molecular complexity index is 562. The van der Waals surface area contributed by atoms with Gasteiger partial charge in [0.05, 0.1) is 13.1 Å². The molecule has 25 heavy (non-hydrogen) atoms. The quantitative estimate of drug-likeness (QED) is 0.295. The number of guanidine groups is 1. The molecule has 1 aliphatic heterocycles. The summed E-state index contributed by atoms with van der Waals surface area (Å²) >= 11 is 0. The van der Waals surface area contributed by atoms with Crippen LogP contribution in [0.2, 0.25) is 0 Å². The molecule has 2 rings (SSSR count). The number of rotatable bonds is 6. The van der Waals surface area contributed by atoms with Crippen molar-refractivity contribution in [2.45, 2.75) is 6.92 Å². The Morgan fingerprint density at radius 3 is 2.48 bits per heavy atom. The highest BCUT2D eigenvalue weighted by Gasteiger charge is 2.16. The van der Waals surface area contributed by atoms with Crippen molar-refractivity contribution in [3.05, 3.63) is 30.1 Å². The first-order valence-corrected chi connectivity index (χ1v) is 8.41. The minimum absolute atomic E-state index is 0. The van der Waals surface area contributed by atoms with Crippen LogP contribution in [0.15, 0.2) is 29.3 Å². The molecule has 1 fully saturated rings. The minimum atomic E-state index is -0.190. The van der Waals surface area contributed by atoms with E-state index in [1.807, 2.05) is 19.1 Å². The minimum Gasteiger partial charge on any atom is -0.369 e. The van der Waals surface area contributed by atoms with Crippen LogP contribution >= 0.6 is 24.0 Å². The van der Waals surface area contributed by atoms with Gasteiger partial charge in [-0.25, -0.2) is 4.39 Å². The summed E-state index contributed by atoms with van der Waals surface area (Å²) in [5.41, 5.74) is 1.09. The Balaban J connectivity index is 0.00000312. The van der Waals surface area contributed by atoms with Crippen molar-refractivity contribution >= 4 is 35.6 Å². The van der Waals surface area contributed by atoms with Gasteiger partial charge >= 0.3 is 0 Å². The van der Waals surface area contributed by atoms with Crippen LogP contribution in [0.5, 0.6) is 0 Å². The molecule has 1 aromatic carbocycles. The molecule has 1 saturated heterocycles. The van der Waals surface area contributed by atoms with Crippen molar-refractivity contribution in [3.8, 4) is 12.3 Å². The van der Waals surface area contributed by atoms with Gasteiger partial charge in [0.1, 0.15) is 5.82 Å². The van der Waals surface area contributed by atoms with Crippen LogP contribution in [0.4, 0.5) is 10.1 Å². The third-order valence-corrected chi connectivity index (χ3v) is 3.95. The standard InChI is InChI=1S/C18H26FN5.HI/c1-3-9-21-18(20-4-2)22-10-11-23-12-14-24(15-13-23)17-7-5-16(19)6-8-17;/h1,5-8H,4,9-15H2,2H3,(H2,20,21,22);1H. The molecule has 0 bridgehead atoms. The van der Waals surface area contributed by atoms with Gasteiger partial charge in [-0.2, -0.15) is 0 Å². The van der Waals surface area contributed by atoms with Gasteiger partial charge in [-0.1, -0.05) is 5.92 Å². The van der Waals surface area contributed by atoms with E-state index >= 15 is 0 Å². The van der Waals surface area contributed by atoms with E-state index in [0.717, 1.165) is 57.5 Å². The van der Waals surface area contributed by atoms with Crippen LogP contribution < -0.4 is 15.5 Å². The van der Waals surface area contributed by atoms with E-state index in [2.05, 4.69) is 31.3 Å².